The summed E-state index contributed by atoms with van der Waals surface area (Å²) in [6.45, 7) is 0.233. The SMILES string of the molecule is O=C(O)CCN(C(=O)CSc1ccccc1F)C1CC1. The molecular formula is C14H16FNO3S. The Hall–Kier alpha value is -1.56. The van der Waals surface area contributed by atoms with Gasteiger partial charge in [-0.25, -0.2) is 4.39 Å². The number of carboxylic acids is 1. The first-order valence-electron chi connectivity index (χ1n) is 6.46. The summed E-state index contributed by atoms with van der Waals surface area (Å²) in [7, 11) is 0. The quantitative estimate of drug-likeness (QED) is 0.785. The van der Waals surface area contributed by atoms with Crippen LogP contribution in [0.1, 0.15) is 19.3 Å². The Morgan fingerprint density at radius 1 is 1.35 bits per heavy atom. The highest BCUT2D eigenvalue weighted by Crippen LogP contribution is 2.29. The van der Waals surface area contributed by atoms with Gasteiger partial charge in [0, 0.05) is 17.5 Å². The first-order valence-corrected chi connectivity index (χ1v) is 7.45. The predicted molar refractivity (Wildman–Crippen MR) is 74.1 cm³/mol. The van der Waals surface area contributed by atoms with E-state index in [1.165, 1.54) is 6.07 Å². The van der Waals surface area contributed by atoms with Crippen molar-refractivity contribution in [2.45, 2.75) is 30.2 Å². The lowest BCUT2D eigenvalue weighted by atomic mass is 10.3. The third-order valence-corrected chi connectivity index (χ3v) is 4.10. The largest absolute Gasteiger partial charge is 0.481 e. The van der Waals surface area contributed by atoms with E-state index in [1.807, 2.05) is 0 Å². The lowest BCUT2D eigenvalue weighted by Gasteiger charge is -2.21. The van der Waals surface area contributed by atoms with Crippen LogP contribution in [-0.2, 0) is 9.59 Å². The molecule has 1 amide bonds. The van der Waals surface area contributed by atoms with E-state index in [0.29, 0.717) is 4.90 Å². The predicted octanol–water partition coefficient (Wildman–Crippen LogP) is 2.38. The molecule has 0 radical (unpaired) electrons. The van der Waals surface area contributed by atoms with Crippen LogP contribution in [-0.4, -0.2) is 40.2 Å². The van der Waals surface area contributed by atoms with Crippen LogP contribution in [0.25, 0.3) is 0 Å². The molecule has 0 bridgehead atoms. The van der Waals surface area contributed by atoms with Crippen molar-refractivity contribution in [2.75, 3.05) is 12.3 Å². The summed E-state index contributed by atoms with van der Waals surface area (Å²) in [5.41, 5.74) is 0. The van der Waals surface area contributed by atoms with E-state index in [1.54, 1.807) is 23.1 Å². The van der Waals surface area contributed by atoms with Gasteiger partial charge in [-0.2, -0.15) is 0 Å². The number of hydrogen-bond donors (Lipinski definition) is 1. The Morgan fingerprint density at radius 2 is 2.05 bits per heavy atom. The second-order valence-corrected chi connectivity index (χ2v) is 5.70. The average Bonchev–Trinajstić information content (AvgIpc) is 3.22. The third-order valence-electron chi connectivity index (χ3n) is 3.06. The molecule has 1 aromatic rings. The topological polar surface area (TPSA) is 57.6 Å². The molecule has 0 unspecified atom stereocenters. The van der Waals surface area contributed by atoms with Crippen molar-refractivity contribution in [3.8, 4) is 0 Å². The van der Waals surface area contributed by atoms with E-state index in [0.717, 1.165) is 24.6 Å². The summed E-state index contributed by atoms with van der Waals surface area (Å²) in [5.74, 6) is -1.24. The summed E-state index contributed by atoms with van der Waals surface area (Å²) in [5, 5.41) is 8.70. The highest BCUT2D eigenvalue weighted by Gasteiger charge is 2.32. The molecule has 1 saturated carbocycles. The lowest BCUT2D eigenvalue weighted by molar-refractivity contribution is -0.138. The number of carbonyl (C=O) groups is 2. The second kappa shape index (κ2) is 6.74. The van der Waals surface area contributed by atoms with E-state index in [4.69, 9.17) is 5.11 Å². The number of amides is 1. The number of aliphatic carboxylic acids is 1. The highest BCUT2D eigenvalue weighted by molar-refractivity contribution is 8.00. The van der Waals surface area contributed by atoms with Gasteiger partial charge in [0.25, 0.3) is 0 Å². The van der Waals surface area contributed by atoms with Crippen LogP contribution < -0.4 is 0 Å². The molecule has 108 valence electrons. The molecule has 1 aliphatic rings. The zero-order valence-electron chi connectivity index (χ0n) is 10.9. The molecule has 1 aliphatic carbocycles. The van der Waals surface area contributed by atoms with E-state index in [2.05, 4.69) is 0 Å². The fourth-order valence-corrected chi connectivity index (χ4v) is 2.72. The molecule has 1 aromatic carbocycles. The molecule has 0 saturated heterocycles. The van der Waals surface area contributed by atoms with Crippen molar-refractivity contribution >= 4 is 23.6 Å². The molecular weight excluding hydrogens is 281 g/mol. The molecule has 0 atom stereocenters. The van der Waals surface area contributed by atoms with Crippen LogP contribution in [0, 0.1) is 5.82 Å². The molecule has 0 heterocycles. The van der Waals surface area contributed by atoms with Crippen LogP contribution in [0.15, 0.2) is 29.2 Å². The van der Waals surface area contributed by atoms with E-state index < -0.39 is 5.97 Å². The molecule has 2 rings (SSSR count). The van der Waals surface area contributed by atoms with Crippen LogP contribution >= 0.6 is 11.8 Å². The van der Waals surface area contributed by atoms with Crippen molar-refractivity contribution in [2.24, 2.45) is 0 Å². The second-order valence-electron chi connectivity index (χ2n) is 4.68. The minimum absolute atomic E-state index is 0.0490. The number of benzene rings is 1. The first kappa shape index (κ1) is 14.8. The highest BCUT2D eigenvalue weighted by atomic mass is 32.2. The number of thioether (sulfide) groups is 1. The van der Waals surface area contributed by atoms with Gasteiger partial charge in [0.05, 0.1) is 12.2 Å². The maximum absolute atomic E-state index is 13.4. The Kier molecular flexibility index (Phi) is 5.00. The maximum Gasteiger partial charge on any atom is 0.305 e. The van der Waals surface area contributed by atoms with Gasteiger partial charge in [0.1, 0.15) is 5.82 Å². The Balaban J connectivity index is 1.88. The Bertz CT molecular complexity index is 505. The van der Waals surface area contributed by atoms with Gasteiger partial charge in [-0.1, -0.05) is 12.1 Å². The van der Waals surface area contributed by atoms with Gasteiger partial charge >= 0.3 is 5.97 Å². The summed E-state index contributed by atoms with van der Waals surface area (Å²) in [6.07, 6.45) is 1.80. The van der Waals surface area contributed by atoms with E-state index >= 15 is 0 Å². The van der Waals surface area contributed by atoms with Gasteiger partial charge in [0.2, 0.25) is 5.91 Å². The number of nitrogens with zero attached hydrogens (tertiary/aromatic N) is 1. The van der Waals surface area contributed by atoms with Gasteiger partial charge < -0.3 is 10.0 Å². The summed E-state index contributed by atoms with van der Waals surface area (Å²) in [4.78, 5) is 24.8. The molecule has 4 nitrogen and oxygen atoms in total. The molecule has 1 fully saturated rings. The average molecular weight is 297 g/mol. The Labute approximate surface area is 121 Å². The fourth-order valence-electron chi connectivity index (χ4n) is 1.90. The Morgan fingerprint density at radius 3 is 2.65 bits per heavy atom. The van der Waals surface area contributed by atoms with Crippen LogP contribution in [0.2, 0.25) is 0 Å². The standard InChI is InChI=1S/C14H16FNO3S/c15-11-3-1-2-4-12(11)20-9-13(17)16(10-5-6-10)8-7-14(18)19/h1-4,10H,5-9H2,(H,18,19). The van der Waals surface area contributed by atoms with Gasteiger partial charge in [-0.05, 0) is 25.0 Å². The monoisotopic (exact) mass is 297 g/mol. The number of halogens is 1. The van der Waals surface area contributed by atoms with E-state index in [9.17, 15) is 14.0 Å². The fraction of sp³-hybridized carbons (Fsp3) is 0.429. The summed E-state index contributed by atoms with van der Waals surface area (Å²) in [6, 6.07) is 6.48. The van der Waals surface area contributed by atoms with Crippen molar-refractivity contribution in [1.29, 1.82) is 0 Å². The van der Waals surface area contributed by atoms with Crippen LogP contribution in [0.3, 0.4) is 0 Å². The minimum Gasteiger partial charge on any atom is -0.481 e. The van der Waals surface area contributed by atoms with Crippen molar-refractivity contribution in [3.63, 3.8) is 0 Å². The molecule has 0 aliphatic heterocycles. The number of carbonyl (C=O) groups excluding carboxylic acids is 1. The molecule has 1 N–H and O–H groups in total. The minimum atomic E-state index is -0.912. The van der Waals surface area contributed by atoms with Gasteiger partial charge in [-0.3, -0.25) is 9.59 Å². The molecule has 0 spiro atoms. The van der Waals surface area contributed by atoms with Crippen molar-refractivity contribution < 1.29 is 19.1 Å². The van der Waals surface area contributed by atoms with Crippen molar-refractivity contribution in [3.05, 3.63) is 30.1 Å². The number of hydrogen-bond acceptors (Lipinski definition) is 3. The smallest absolute Gasteiger partial charge is 0.305 e. The van der Waals surface area contributed by atoms with Crippen LogP contribution in [0.4, 0.5) is 4.39 Å². The molecule has 0 aromatic heterocycles. The maximum atomic E-state index is 13.4. The van der Waals surface area contributed by atoms with Gasteiger partial charge in [-0.15, -0.1) is 11.8 Å². The number of rotatable bonds is 7. The molecule has 20 heavy (non-hydrogen) atoms. The zero-order chi connectivity index (χ0) is 14.5. The molecule has 6 heteroatoms. The normalized spacial score (nSPS) is 14.1. The van der Waals surface area contributed by atoms with Crippen molar-refractivity contribution in [1.82, 2.24) is 4.90 Å². The lowest BCUT2D eigenvalue weighted by Crippen LogP contribution is -2.36. The summed E-state index contributed by atoms with van der Waals surface area (Å²) < 4.78 is 13.4. The summed E-state index contributed by atoms with van der Waals surface area (Å²) >= 11 is 1.15. The van der Waals surface area contributed by atoms with E-state index in [-0.39, 0.29) is 36.5 Å². The number of carboxylic acid groups (broad SMARTS) is 1. The zero-order valence-corrected chi connectivity index (χ0v) is 11.7. The van der Waals surface area contributed by atoms with Crippen LogP contribution in [0.5, 0.6) is 0 Å². The third kappa shape index (κ3) is 4.23. The van der Waals surface area contributed by atoms with Gasteiger partial charge in [0.15, 0.2) is 0 Å². The first-order chi connectivity index (χ1) is 9.58.